The summed E-state index contributed by atoms with van der Waals surface area (Å²) >= 11 is 8.54. The van der Waals surface area contributed by atoms with E-state index in [0.29, 0.717) is 0 Å². The lowest BCUT2D eigenvalue weighted by atomic mass is 9.86. The van der Waals surface area contributed by atoms with Crippen molar-refractivity contribution in [1.82, 2.24) is 0 Å². The van der Waals surface area contributed by atoms with Crippen molar-refractivity contribution in [1.29, 1.82) is 0 Å². The molecule has 0 spiro atoms. The largest absolute Gasteiger partial charge is 0.372 e. The molecule has 0 heterocycles. The highest BCUT2D eigenvalue weighted by Gasteiger charge is 2.20. The zero-order chi connectivity index (χ0) is 11.4. The van der Waals surface area contributed by atoms with Gasteiger partial charge < -0.3 is 4.74 Å². The Kier molecular flexibility index (Phi) is 4.92. The Morgan fingerprint density at radius 1 is 1.38 bits per heavy atom. The molecule has 1 unspecified atom stereocenters. The summed E-state index contributed by atoms with van der Waals surface area (Å²) in [5.74, 6) is 0.785. The maximum absolute atomic E-state index is 6.18. The van der Waals surface area contributed by atoms with E-state index in [1.807, 2.05) is 18.2 Å². The zero-order valence-corrected chi connectivity index (χ0v) is 12.1. The minimum atomic E-state index is 0.148. The van der Waals surface area contributed by atoms with Crippen LogP contribution in [-0.4, -0.2) is 11.0 Å². The Morgan fingerprint density at radius 2 is 2.12 bits per heavy atom. The van der Waals surface area contributed by atoms with Crippen LogP contribution in [-0.2, 0) is 4.74 Å². The first-order valence-electron chi connectivity index (χ1n) is 5.73. The van der Waals surface area contributed by atoms with Crippen molar-refractivity contribution < 1.29 is 4.74 Å². The molecule has 1 aromatic carbocycles. The minimum Gasteiger partial charge on any atom is -0.372 e. The SMILES string of the molecule is Clc1ccccc1C(CI)OCC1CCC1. The van der Waals surface area contributed by atoms with Gasteiger partial charge in [0, 0.05) is 15.0 Å². The lowest BCUT2D eigenvalue weighted by Crippen LogP contribution is -2.20. The monoisotopic (exact) mass is 350 g/mol. The molecule has 1 nitrogen and oxygen atoms in total. The minimum absolute atomic E-state index is 0.148. The van der Waals surface area contributed by atoms with Gasteiger partial charge in [-0.1, -0.05) is 58.8 Å². The fraction of sp³-hybridized carbons (Fsp3) is 0.538. The molecule has 1 aliphatic carbocycles. The molecular weight excluding hydrogens is 334 g/mol. The highest BCUT2D eigenvalue weighted by Crippen LogP contribution is 2.31. The van der Waals surface area contributed by atoms with Gasteiger partial charge >= 0.3 is 0 Å². The maximum Gasteiger partial charge on any atom is 0.0928 e. The van der Waals surface area contributed by atoms with Gasteiger partial charge in [0.25, 0.3) is 0 Å². The van der Waals surface area contributed by atoms with Crippen LogP contribution < -0.4 is 0 Å². The second-order valence-corrected chi connectivity index (χ2v) is 5.58. The molecule has 1 atom stereocenters. The summed E-state index contributed by atoms with van der Waals surface area (Å²) in [6.45, 7) is 0.888. The fourth-order valence-electron chi connectivity index (χ4n) is 1.87. The third kappa shape index (κ3) is 3.11. The molecule has 0 bridgehead atoms. The van der Waals surface area contributed by atoms with Crippen LogP contribution in [0.4, 0.5) is 0 Å². The van der Waals surface area contributed by atoms with Crippen molar-refractivity contribution in [2.45, 2.75) is 25.4 Å². The molecule has 0 saturated heterocycles. The van der Waals surface area contributed by atoms with Crippen LogP contribution >= 0.6 is 34.2 Å². The van der Waals surface area contributed by atoms with Crippen LogP contribution in [0.3, 0.4) is 0 Å². The van der Waals surface area contributed by atoms with Gasteiger partial charge in [-0.15, -0.1) is 0 Å². The molecule has 1 fully saturated rings. The number of halogens is 2. The maximum atomic E-state index is 6.18. The summed E-state index contributed by atoms with van der Waals surface area (Å²) in [5, 5.41) is 0.817. The highest BCUT2D eigenvalue weighted by molar-refractivity contribution is 14.1. The third-order valence-corrected chi connectivity index (χ3v) is 4.29. The first-order chi connectivity index (χ1) is 7.81. The van der Waals surface area contributed by atoms with E-state index in [1.165, 1.54) is 19.3 Å². The Labute approximate surface area is 116 Å². The number of ether oxygens (including phenoxy) is 1. The van der Waals surface area contributed by atoms with E-state index < -0.39 is 0 Å². The van der Waals surface area contributed by atoms with Crippen LogP contribution in [0.1, 0.15) is 30.9 Å². The molecule has 0 N–H and O–H groups in total. The van der Waals surface area contributed by atoms with E-state index in [9.17, 15) is 0 Å². The topological polar surface area (TPSA) is 9.23 Å². The number of hydrogen-bond acceptors (Lipinski definition) is 1. The van der Waals surface area contributed by atoms with Crippen molar-refractivity contribution in [2.24, 2.45) is 5.92 Å². The third-order valence-electron chi connectivity index (χ3n) is 3.15. The second-order valence-electron chi connectivity index (χ2n) is 4.29. The van der Waals surface area contributed by atoms with Crippen molar-refractivity contribution >= 4 is 34.2 Å². The lowest BCUT2D eigenvalue weighted by molar-refractivity contribution is 0.0233. The highest BCUT2D eigenvalue weighted by atomic mass is 127. The summed E-state index contributed by atoms with van der Waals surface area (Å²) in [5.41, 5.74) is 1.12. The van der Waals surface area contributed by atoms with Gasteiger partial charge in [-0.3, -0.25) is 0 Å². The molecule has 3 heteroatoms. The number of benzene rings is 1. The molecule has 0 aromatic heterocycles. The van der Waals surface area contributed by atoms with E-state index in [-0.39, 0.29) is 6.10 Å². The van der Waals surface area contributed by atoms with E-state index in [2.05, 4.69) is 28.7 Å². The van der Waals surface area contributed by atoms with Gasteiger partial charge in [0.05, 0.1) is 12.7 Å². The number of rotatable bonds is 5. The van der Waals surface area contributed by atoms with Gasteiger partial charge in [0.1, 0.15) is 0 Å². The van der Waals surface area contributed by atoms with Crippen LogP contribution in [0.5, 0.6) is 0 Å². The summed E-state index contributed by atoms with van der Waals surface area (Å²) in [6, 6.07) is 7.98. The fourth-order valence-corrected chi connectivity index (χ4v) is 2.85. The van der Waals surface area contributed by atoms with Crippen molar-refractivity contribution in [3.63, 3.8) is 0 Å². The van der Waals surface area contributed by atoms with Crippen LogP contribution in [0.2, 0.25) is 5.02 Å². The smallest absolute Gasteiger partial charge is 0.0928 e. The molecule has 16 heavy (non-hydrogen) atoms. The molecule has 2 rings (SSSR count). The van der Waals surface area contributed by atoms with Gasteiger partial charge in [-0.25, -0.2) is 0 Å². The van der Waals surface area contributed by atoms with Gasteiger partial charge in [-0.05, 0) is 24.8 Å². The predicted molar refractivity (Wildman–Crippen MR) is 76.4 cm³/mol. The van der Waals surface area contributed by atoms with E-state index in [0.717, 1.165) is 27.5 Å². The summed E-state index contributed by atoms with van der Waals surface area (Å²) < 4.78 is 6.92. The second kappa shape index (κ2) is 6.22. The van der Waals surface area contributed by atoms with Crippen LogP contribution in [0, 0.1) is 5.92 Å². The number of hydrogen-bond donors (Lipinski definition) is 0. The van der Waals surface area contributed by atoms with E-state index >= 15 is 0 Å². The molecule has 0 radical (unpaired) electrons. The Balaban J connectivity index is 1.95. The number of alkyl halides is 1. The molecule has 1 aliphatic rings. The standard InChI is InChI=1S/C13H16ClIO/c14-12-7-2-1-6-11(12)13(8-15)16-9-10-4-3-5-10/h1-2,6-7,10,13H,3-5,8-9H2. The normalized spacial score (nSPS) is 18.1. The van der Waals surface area contributed by atoms with Crippen LogP contribution in [0.25, 0.3) is 0 Å². The molecule has 0 amide bonds. The predicted octanol–water partition coefficient (Wildman–Crippen LogP) is 4.63. The zero-order valence-electron chi connectivity index (χ0n) is 9.16. The van der Waals surface area contributed by atoms with E-state index in [4.69, 9.17) is 16.3 Å². The average molecular weight is 351 g/mol. The molecule has 0 aliphatic heterocycles. The van der Waals surface area contributed by atoms with Crippen molar-refractivity contribution in [3.05, 3.63) is 34.9 Å². The summed E-state index contributed by atoms with van der Waals surface area (Å²) in [4.78, 5) is 0. The molecule has 88 valence electrons. The Hall–Kier alpha value is 0.200. The molecular formula is C13H16ClIO. The van der Waals surface area contributed by atoms with Gasteiger partial charge in [-0.2, -0.15) is 0 Å². The van der Waals surface area contributed by atoms with Crippen molar-refractivity contribution in [2.75, 3.05) is 11.0 Å². The Bertz CT molecular complexity index is 338. The van der Waals surface area contributed by atoms with Crippen molar-refractivity contribution in [3.8, 4) is 0 Å². The van der Waals surface area contributed by atoms with Gasteiger partial charge in [0.15, 0.2) is 0 Å². The molecule has 1 saturated carbocycles. The lowest BCUT2D eigenvalue weighted by Gasteiger charge is -2.27. The van der Waals surface area contributed by atoms with Gasteiger partial charge in [0.2, 0.25) is 0 Å². The Morgan fingerprint density at radius 3 is 2.69 bits per heavy atom. The molecule has 1 aromatic rings. The van der Waals surface area contributed by atoms with E-state index in [1.54, 1.807) is 0 Å². The average Bonchev–Trinajstić information content (AvgIpc) is 2.23. The first kappa shape index (κ1) is 12.7. The van der Waals surface area contributed by atoms with Crippen LogP contribution in [0.15, 0.2) is 24.3 Å². The summed E-state index contributed by atoms with van der Waals surface area (Å²) in [7, 11) is 0. The quantitative estimate of drug-likeness (QED) is 0.555. The first-order valence-corrected chi connectivity index (χ1v) is 7.63. The summed E-state index contributed by atoms with van der Waals surface area (Å²) in [6.07, 6.45) is 4.18.